The zero-order valence-electron chi connectivity index (χ0n) is 15.5. The Morgan fingerprint density at radius 1 is 1.07 bits per heavy atom. The minimum Gasteiger partial charge on any atom is -0.493 e. The summed E-state index contributed by atoms with van der Waals surface area (Å²) < 4.78 is 16.9. The number of ether oxygens (including phenoxy) is 3. The SMILES string of the molecule is COc1cc(C=Nc2ccc(Oc3ccccc3)cc2)cc(Br)c1OCC(=O)O. The number of methoxy groups -OCH3 is 1. The number of nitrogens with zero attached hydrogens (tertiary/aromatic N) is 1. The third-order valence-corrected chi connectivity index (χ3v) is 4.36. The van der Waals surface area contributed by atoms with E-state index in [0.29, 0.717) is 16.0 Å². The molecule has 0 saturated heterocycles. The molecule has 0 radical (unpaired) electrons. The Balaban J connectivity index is 1.72. The van der Waals surface area contributed by atoms with Crippen molar-refractivity contribution in [2.75, 3.05) is 13.7 Å². The van der Waals surface area contributed by atoms with Gasteiger partial charge < -0.3 is 19.3 Å². The first-order valence-corrected chi connectivity index (χ1v) is 9.43. The first kappa shape index (κ1) is 20.4. The predicted octanol–water partition coefficient (Wildman–Crippen LogP) is 5.46. The molecule has 6 nitrogen and oxygen atoms in total. The molecule has 3 rings (SSSR count). The predicted molar refractivity (Wildman–Crippen MR) is 114 cm³/mol. The van der Waals surface area contributed by atoms with Gasteiger partial charge in [0.05, 0.1) is 17.3 Å². The quantitative estimate of drug-likeness (QED) is 0.456. The fourth-order valence-corrected chi connectivity index (χ4v) is 3.04. The van der Waals surface area contributed by atoms with Crippen molar-refractivity contribution in [1.29, 1.82) is 0 Å². The van der Waals surface area contributed by atoms with Crippen LogP contribution in [0.3, 0.4) is 0 Å². The van der Waals surface area contributed by atoms with Crippen molar-refractivity contribution < 1.29 is 24.1 Å². The number of carboxylic acid groups (broad SMARTS) is 1. The highest BCUT2D eigenvalue weighted by Crippen LogP contribution is 2.36. The fraction of sp³-hybridized carbons (Fsp3) is 0.0909. The molecule has 0 aliphatic heterocycles. The van der Waals surface area contributed by atoms with Crippen LogP contribution in [-0.2, 0) is 4.79 Å². The Labute approximate surface area is 176 Å². The topological polar surface area (TPSA) is 77.3 Å². The maximum absolute atomic E-state index is 10.7. The van der Waals surface area contributed by atoms with Gasteiger partial charge in [0.15, 0.2) is 18.1 Å². The van der Waals surface area contributed by atoms with E-state index in [1.807, 2.05) is 54.6 Å². The van der Waals surface area contributed by atoms with E-state index in [9.17, 15) is 4.79 Å². The lowest BCUT2D eigenvalue weighted by Gasteiger charge is -2.12. The molecule has 148 valence electrons. The van der Waals surface area contributed by atoms with Gasteiger partial charge in [-0.05, 0) is 70.0 Å². The summed E-state index contributed by atoms with van der Waals surface area (Å²) in [6, 6.07) is 20.4. The second-order valence-corrected chi connectivity index (χ2v) is 6.74. The van der Waals surface area contributed by atoms with Gasteiger partial charge in [-0.3, -0.25) is 4.99 Å². The number of para-hydroxylation sites is 1. The molecule has 0 aromatic heterocycles. The highest BCUT2D eigenvalue weighted by atomic mass is 79.9. The highest BCUT2D eigenvalue weighted by Gasteiger charge is 2.12. The van der Waals surface area contributed by atoms with Crippen LogP contribution in [0.15, 0.2) is 76.2 Å². The summed E-state index contributed by atoms with van der Waals surface area (Å²) in [6.45, 7) is -0.459. The van der Waals surface area contributed by atoms with Gasteiger partial charge in [0.25, 0.3) is 0 Å². The van der Waals surface area contributed by atoms with Crippen LogP contribution < -0.4 is 14.2 Å². The molecule has 0 heterocycles. The Bertz CT molecular complexity index is 1000. The summed E-state index contributed by atoms with van der Waals surface area (Å²) in [5, 5.41) is 8.79. The number of aliphatic imine (C=N–C) groups is 1. The lowest BCUT2D eigenvalue weighted by atomic mass is 10.2. The van der Waals surface area contributed by atoms with Crippen molar-refractivity contribution in [2.24, 2.45) is 4.99 Å². The lowest BCUT2D eigenvalue weighted by Crippen LogP contribution is -2.10. The van der Waals surface area contributed by atoms with Gasteiger partial charge in [-0.25, -0.2) is 4.79 Å². The fourth-order valence-electron chi connectivity index (χ4n) is 2.46. The van der Waals surface area contributed by atoms with Gasteiger partial charge in [-0.1, -0.05) is 18.2 Å². The maximum atomic E-state index is 10.7. The van der Waals surface area contributed by atoms with Gasteiger partial charge in [0, 0.05) is 6.21 Å². The largest absolute Gasteiger partial charge is 0.493 e. The third-order valence-electron chi connectivity index (χ3n) is 3.77. The number of hydrogen-bond acceptors (Lipinski definition) is 5. The van der Waals surface area contributed by atoms with Crippen LogP contribution in [0.4, 0.5) is 5.69 Å². The Morgan fingerprint density at radius 3 is 2.41 bits per heavy atom. The van der Waals surface area contributed by atoms with Gasteiger partial charge in [-0.2, -0.15) is 0 Å². The maximum Gasteiger partial charge on any atom is 0.341 e. The van der Waals surface area contributed by atoms with E-state index in [1.165, 1.54) is 7.11 Å². The number of carbonyl (C=O) groups is 1. The van der Waals surface area contributed by atoms with Crippen molar-refractivity contribution in [3.8, 4) is 23.0 Å². The standard InChI is InChI=1S/C22H18BrNO5/c1-27-20-12-15(11-19(23)22(20)28-14-21(25)26)13-24-16-7-9-18(10-8-16)29-17-5-3-2-4-6-17/h2-13H,14H2,1H3,(H,25,26). The van der Waals surface area contributed by atoms with Crippen molar-refractivity contribution in [3.05, 3.63) is 76.8 Å². The number of benzene rings is 3. The number of hydrogen-bond donors (Lipinski definition) is 1. The summed E-state index contributed by atoms with van der Waals surface area (Å²) in [5.41, 5.74) is 1.52. The van der Waals surface area contributed by atoms with E-state index in [4.69, 9.17) is 19.3 Å². The second-order valence-electron chi connectivity index (χ2n) is 5.88. The summed E-state index contributed by atoms with van der Waals surface area (Å²) in [4.78, 5) is 15.2. The Hall–Kier alpha value is -3.32. The van der Waals surface area contributed by atoms with Crippen molar-refractivity contribution in [3.63, 3.8) is 0 Å². The molecule has 0 aliphatic carbocycles. The van der Waals surface area contributed by atoms with Gasteiger partial charge in [0.1, 0.15) is 11.5 Å². The molecule has 3 aromatic rings. The average molecular weight is 456 g/mol. The third kappa shape index (κ3) is 5.83. The molecule has 0 aliphatic rings. The van der Waals surface area contributed by atoms with Crippen LogP contribution in [0.1, 0.15) is 5.56 Å². The molecule has 0 amide bonds. The van der Waals surface area contributed by atoms with E-state index >= 15 is 0 Å². The zero-order chi connectivity index (χ0) is 20.6. The smallest absolute Gasteiger partial charge is 0.341 e. The van der Waals surface area contributed by atoms with Crippen molar-refractivity contribution >= 4 is 33.8 Å². The van der Waals surface area contributed by atoms with Crippen LogP contribution in [0.25, 0.3) is 0 Å². The van der Waals surface area contributed by atoms with Crippen LogP contribution in [0.5, 0.6) is 23.0 Å². The molecule has 0 saturated carbocycles. The summed E-state index contributed by atoms with van der Waals surface area (Å²) in [5.74, 6) is 1.16. The normalized spacial score (nSPS) is 10.7. The van der Waals surface area contributed by atoms with E-state index in [0.717, 1.165) is 22.7 Å². The molecule has 1 N–H and O–H groups in total. The highest BCUT2D eigenvalue weighted by molar-refractivity contribution is 9.10. The van der Waals surface area contributed by atoms with Gasteiger partial charge in [0.2, 0.25) is 0 Å². The van der Waals surface area contributed by atoms with Gasteiger partial charge >= 0.3 is 5.97 Å². The summed E-state index contributed by atoms with van der Waals surface area (Å²) in [7, 11) is 1.49. The molecule has 0 unspecified atom stereocenters. The molecule has 7 heteroatoms. The van der Waals surface area contributed by atoms with E-state index < -0.39 is 12.6 Å². The van der Waals surface area contributed by atoms with E-state index in [1.54, 1.807) is 18.3 Å². The second kappa shape index (κ2) is 9.75. The van der Waals surface area contributed by atoms with E-state index in [2.05, 4.69) is 20.9 Å². The first-order valence-electron chi connectivity index (χ1n) is 8.64. The van der Waals surface area contributed by atoms with Crippen LogP contribution in [-0.4, -0.2) is 31.0 Å². The Kier molecular flexibility index (Phi) is 6.86. The summed E-state index contributed by atoms with van der Waals surface area (Å²) >= 11 is 3.38. The van der Waals surface area contributed by atoms with Crippen LogP contribution in [0, 0.1) is 0 Å². The molecule has 0 atom stereocenters. The molecule has 0 spiro atoms. The molecule has 29 heavy (non-hydrogen) atoms. The number of rotatable bonds is 8. The first-order chi connectivity index (χ1) is 14.0. The Morgan fingerprint density at radius 2 is 1.76 bits per heavy atom. The zero-order valence-corrected chi connectivity index (χ0v) is 17.1. The van der Waals surface area contributed by atoms with Crippen LogP contribution in [0.2, 0.25) is 0 Å². The lowest BCUT2D eigenvalue weighted by molar-refractivity contribution is -0.139. The molecule has 0 fully saturated rings. The van der Waals surface area contributed by atoms with Crippen molar-refractivity contribution in [1.82, 2.24) is 0 Å². The van der Waals surface area contributed by atoms with E-state index in [-0.39, 0.29) is 0 Å². The van der Waals surface area contributed by atoms with Crippen LogP contribution >= 0.6 is 15.9 Å². The number of halogens is 1. The summed E-state index contributed by atoms with van der Waals surface area (Å²) in [6.07, 6.45) is 1.68. The van der Waals surface area contributed by atoms with Gasteiger partial charge in [-0.15, -0.1) is 0 Å². The average Bonchev–Trinajstić information content (AvgIpc) is 2.72. The minimum atomic E-state index is -1.07. The molecule has 0 bridgehead atoms. The monoisotopic (exact) mass is 455 g/mol. The number of aliphatic carboxylic acids is 1. The molecular weight excluding hydrogens is 438 g/mol. The van der Waals surface area contributed by atoms with Crippen molar-refractivity contribution in [2.45, 2.75) is 0 Å². The number of carboxylic acids is 1. The molecule has 3 aromatic carbocycles. The molecular formula is C22H18BrNO5. The minimum absolute atomic E-state index is 0.328.